The second-order valence-electron chi connectivity index (χ2n) is 5.60. The van der Waals surface area contributed by atoms with Crippen LogP contribution in [0.3, 0.4) is 0 Å². The number of rotatable bonds is 6. The summed E-state index contributed by atoms with van der Waals surface area (Å²) in [7, 11) is 0. The second-order valence-corrected chi connectivity index (χ2v) is 5.60. The zero-order chi connectivity index (χ0) is 19.6. The van der Waals surface area contributed by atoms with Crippen molar-refractivity contribution >= 4 is 22.7 Å². The zero-order valence-corrected chi connectivity index (χ0v) is 15.3. The van der Waals surface area contributed by atoms with Crippen molar-refractivity contribution in [3.05, 3.63) is 65.7 Å². The Morgan fingerprint density at radius 1 is 0.852 bits per heavy atom. The fourth-order valence-corrected chi connectivity index (χ4v) is 2.73. The van der Waals surface area contributed by atoms with Gasteiger partial charge in [0.15, 0.2) is 5.71 Å². The summed E-state index contributed by atoms with van der Waals surface area (Å²) in [5, 5.41) is 28.3. The topological polar surface area (TPSA) is 87.0 Å². The molecule has 2 aromatic rings. The van der Waals surface area contributed by atoms with E-state index in [1.807, 2.05) is 48.5 Å². The fourth-order valence-electron chi connectivity index (χ4n) is 2.73. The molecule has 0 N–H and O–H groups in total. The van der Waals surface area contributed by atoms with Crippen molar-refractivity contribution < 1.29 is 0 Å². The van der Waals surface area contributed by atoms with Gasteiger partial charge in [-0.25, -0.2) is 4.99 Å². The van der Waals surface area contributed by atoms with E-state index < -0.39 is 0 Å². The molecule has 2 aromatic carbocycles. The Morgan fingerprint density at radius 2 is 1.44 bits per heavy atom. The Bertz CT molecular complexity index is 945. The molecule has 27 heavy (non-hydrogen) atoms. The molecule has 2 rings (SSSR count). The molecule has 0 radical (unpaired) electrons. The highest BCUT2D eigenvalue weighted by Crippen LogP contribution is 2.25. The van der Waals surface area contributed by atoms with Gasteiger partial charge in [-0.2, -0.15) is 15.8 Å². The van der Waals surface area contributed by atoms with Crippen molar-refractivity contribution in [1.29, 1.82) is 15.8 Å². The van der Waals surface area contributed by atoms with E-state index in [9.17, 15) is 15.8 Å². The Morgan fingerprint density at radius 3 is 1.93 bits per heavy atom. The van der Waals surface area contributed by atoms with Crippen LogP contribution in [-0.4, -0.2) is 18.8 Å². The largest absolute Gasteiger partial charge is 0.372 e. The van der Waals surface area contributed by atoms with E-state index >= 15 is 0 Å². The fraction of sp³-hybridized carbons (Fsp3) is 0.182. The average molecular weight is 353 g/mol. The second kappa shape index (κ2) is 9.56. The Labute approximate surface area is 159 Å². The Hall–Kier alpha value is -3.88. The van der Waals surface area contributed by atoms with Gasteiger partial charge >= 0.3 is 0 Å². The van der Waals surface area contributed by atoms with Gasteiger partial charge in [-0.05, 0) is 43.7 Å². The number of benzene rings is 2. The number of nitrogens with zero attached hydrogens (tertiary/aromatic N) is 5. The lowest BCUT2D eigenvalue weighted by atomic mass is 9.97. The lowest BCUT2D eigenvalue weighted by Gasteiger charge is -2.20. The van der Waals surface area contributed by atoms with E-state index in [4.69, 9.17) is 0 Å². The quantitative estimate of drug-likeness (QED) is 0.559. The first-order valence-electron chi connectivity index (χ1n) is 8.62. The van der Waals surface area contributed by atoms with Crippen LogP contribution in [0.2, 0.25) is 0 Å². The number of hydrogen-bond acceptors (Lipinski definition) is 5. The van der Waals surface area contributed by atoms with Gasteiger partial charge in [-0.3, -0.25) is 0 Å². The van der Waals surface area contributed by atoms with E-state index in [0.29, 0.717) is 11.3 Å². The molecule has 0 fully saturated rings. The van der Waals surface area contributed by atoms with Gasteiger partial charge in [0.1, 0.15) is 23.8 Å². The van der Waals surface area contributed by atoms with Crippen LogP contribution in [0.4, 0.5) is 11.4 Å². The molecule has 0 bridgehead atoms. The predicted octanol–water partition coefficient (Wildman–Crippen LogP) is 4.63. The maximum absolute atomic E-state index is 9.64. The number of allylic oxidation sites excluding steroid dienone is 2. The van der Waals surface area contributed by atoms with Gasteiger partial charge in [-0.15, -0.1) is 0 Å². The molecule has 0 amide bonds. The minimum atomic E-state index is -0.138. The summed E-state index contributed by atoms with van der Waals surface area (Å²) in [6, 6.07) is 22.2. The van der Waals surface area contributed by atoms with Gasteiger partial charge in [-0.1, -0.05) is 30.3 Å². The molecule has 0 aliphatic carbocycles. The first-order valence-corrected chi connectivity index (χ1v) is 8.62. The molecule has 5 nitrogen and oxygen atoms in total. The third-order valence-corrected chi connectivity index (χ3v) is 4.10. The van der Waals surface area contributed by atoms with Crippen LogP contribution in [0.5, 0.6) is 0 Å². The summed E-state index contributed by atoms with van der Waals surface area (Å²) in [6.45, 7) is 5.98. The van der Waals surface area contributed by atoms with Crippen molar-refractivity contribution in [2.75, 3.05) is 18.0 Å². The molecule has 132 valence electrons. The third kappa shape index (κ3) is 4.60. The van der Waals surface area contributed by atoms with Crippen LogP contribution >= 0.6 is 0 Å². The van der Waals surface area contributed by atoms with E-state index in [-0.39, 0.29) is 16.9 Å². The first kappa shape index (κ1) is 19.4. The summed E-state index contributed by atoms with van der Waals surface area (Å²) in [5.41, 5.74) is 2.42. The maximum Gasteiger partial charge on any atom is 0.151 e. The highest BCUT2D eigenvalue weighted by molar-refractivity contribution is 6.33. The summed E-state index contributed by atoms with van der Waals surface area (Å²) in [5.74, 6) is 0. The zero-order valence-electron chi connectivity index (χ0n) is 15.3. The van der Waals surface area contributed by atoms with Crippen molar-refractivity contribution in [2.24, 2.45) is 4.99 Å². The Balaban J connectivity index is 2.53. The lowest BCUT2D eigenvalue weighted by Crippen LogP contribution is -2.21. The minimum Gasteiger partial charge on any atom is -0.372 e. The summed E-state index contributed by atoms with van der Waals surface area (Å²) in [6.07, 6.45) is 0. The summed E-state index contributed by atoms with van der Waals surface area (Å²) in [4.78, 5) is 6.61. The van der Waals surface area contributed by atoms with Crippen molar-refractivity contribution in [3.8, 4) is 18.2 Å². The van der Waals surface area contributed by atoms with Gasteiger partial charge in [0.2, 0.25) is 0 Å². The molecule has 0 heterocycles. The normalized spacial score (nSPS) is 10.3. The van der Waals surface area contributed by atoms with E-state index in [1.54, 1.807) is 24.3 Å². The summed E-state index contributed by atoms with van der Waals surface area (Å²) >= 11 is 0. The predicted molar refractivity (Wildman–Crippen MR) is 107 cm³/mol. The van der Waals surface area contributed by atoms with Crippen molar-refractivity contribution in [1.82, 2.24) is 0 Å². The smallest absolute Gasteiger partial charge is 0.151 e. The van der Waals surface area contributed by atoms with E-state index in [1.165, 1.54) is 0 Å². The molecule has 0 aromatic heterocycles. The molecule has 0 saturated heterocycles. The SMILES string of the molecule is CCN(CC)c1ccc(/N=C(/C#N)C(=C(C#N)C#N)c2ccccc2)cc1. The molecular weight excluding hydrogens is 334 g/mol. The molecule has 0 aliphatic rings. The minimum absolute atomic E-state index is 0.0369. The van der Waals surface area contributed by atoms with Crippen LogP contribution in [0.15, 0.2) is 65.2 Å². The van der Waals surface area contributed by atoms with E-state index in [2.05, 4.69) is 23.7 Å². The van der Waals surface area contributed by atoms with Gasteiger partial charge in [0, 0.05) is 24.4 Å². The lowest BCUT2D eigenvalue weighted by molar-refractivity contribution is 0.866. The molecule has 0 atom stereocenters. The molecule has 0 spiro atoms. The average Bonchev–Trinajstić information content (AvgIpc) is 2.73. The van der Waals surface area contributed by atoms with Gasteiger partial charge in [0.25, 0.3) is 0 Å². The first-order chi connectivity index (χ1) is 13.2. The third-order valence-electron chi connectivity index (χ3n) is 4.10. The van der Waals surface area contributed by atoms with Crippen molar-refractivity contribution in [3.63, 3.8) is 0 Å². The van der Waals surface area contributed by atoms with Crippen molar-refractivity contribution in [2.45, 2.75) is 13.8 Å². The maximum atomic E-state index is 9.64. The van der Waals surface area contributed by atoms with Crippen LogP contribution in [0.25, 0.3) is 5.57 Å². The summed E-state index contributed by atoms with van der Waals surface area (Å²) < 4.78 is 0. The van der Waals surface area contributed by atoms with Gasteiger partial charge < -0.3 is 4.90 Å². The standard InChI is InChI=1S/C22H19N5/c1-3-27(4-2)20-12-10-19(11-13-20)26-21(16-25)22(18(14-23)15-24)17-8-6-5-7-9-17/h5-13H,3-4H2,1-2H3/b26-21-. The number of nitriles is 3. The van der Waals surface area contributed by atoms with Crippen LogP contribution in [0.1, 0.15) is 19.4 Å². The van der Waals surface area contributed by atoms with Crippen LogP contribution < -0.4 is 4.90 Å². The molecule has 5 heteroatoms. The Kier molecular flexibility index (Phi) is 6.89. The molecular formula is C22H19N5. The molecule has 0 saturated carbocycles. The van der Waals surface area contributed by atoms with Crippen LogP contribution in [-0.2, 0) is 0 Å². The highest BCUT2D eigenvalue weighted by atomic mass is 15.1. The number of aliphatic imine (C=N–C) groups is 1. The highest BCUT2D eigenvalue weighted by Gasteiger charge is 2.16. The van der Waals surface area contributed by atoms with E-state index in [0.717, 1.165) is 18.8 Å². The molecule has 0 aliphatic heterocycles. The van der Waals surface area contributed by atoms with Crippen LogP contribution in [0, 0.1) is 34.0 Å². The number of hydrogen-bond donors (Lipinski definition) is 0. The molecule has 0 unspecified atom stereocenters. The monoisotopic (exact) mass is 353 g/mol. The van der Waals surface area contributed by atoms with Gasteiger partial charge in [0.05, 0.1) is 5.69 Å². The number of anilines is 1.